The number of fused-ring (bicyclic) bond motifs is 5. The van der Waals surface area contributed by atoms with E-state index in [9.17, 15) is 14.4 Å². The SMILES string of the molecule is COC(=O)/C=C/c1ccc(NC(=O)C2(NC(=O)c3ccc4c(C5CCCCC5)c5n(c4c3)CCCc3ncn(COCC[Si](C)(C)C)c3-5)CCCC2)cc1. The van der Waals surface area contributed by atoms with Crippen LogP contribution in [-0.2, 0) is 38.8 Å². The molecule has 1 aliphatic heterocycles. The van der Waals surface area contributed by atoms with Crippen LogP contribution in [0, 0.1) is 0 Å². The molecule has 2 saturated carbocycles. The molecule has 54 heavy (non-hydrogen) atoms. The lowest BCUT2D eigenvalue weighted by atomic mass is 9.82. The fraction of sp³-hybridized carbons (Fsp3) is 0.488. The number of nitrogens with one attached hydrogen (secondary N) is 2. The van der Waals surface area contributed by atoms with Crippen molar-refractivity contribution in [3.63, 3.8) is 0 Å². The molecule has 2 fully saturated rings. The van der Waals surface area contributed by atoms with Gasteiger partial charge in [-0.2, -0.15) is 0 Å². The van der Waals surface area contributed by atoms with E-state index in [1.807, 2.05) is 24.5 Å². The lowest BCUT2D eigenvalue weighted by Gasteiger charge is -2.29. The van der Waals surface area contributed by atoms with Crippen LogP contribution < -0.4 is 10.6 Å². The summed E-state index contributed by atoms with van der Waals surface area (Å²) in [5.41, 5.74) is 6.99. The third-order valence-electron chi connectivity index (χ3n) is 11.6. The summed E-state index contributed by atoms with van der Waals surface area (Å²) in [4.78, 5) is 44.5. The van der Waals surface area contributed by atoms with E-state index < -0.39 is 19.6 Å². The Hall–Kier alpha value is -4.48. The molecule has 3 aliphatic rings. The molecule has 286 valence electrons. The number of amides is 2. The largest absolute Gasteiger partial charge is 0.466 e. The van der Waals surface area contributed by atoms with Gasteiger partial charge in [0, 0.05) is 49.5 Å². The molecular formula is C43H55N5O5Si. The van der Waals surface area contributed by atoms with Gasteiger partial charge in [-0.25, -0.2) is 9.78 Å². The van der Waals surface area contributed by atoms with Crippen molar-refractivity contribution in [2.24, 2.45) is 0 Å². The molecule has 0 bridgehead atoms. The third-order valence-corrected chi connectivity index (χ3v) is 13.3. The number of imidazole rings is 1. The molecule has 0 unspecified atom stereocenters. The molecule has 2 aliphatic carbocycles. The number of methoxy groups -OCH3 is 1. The molecule has 7 rings (SSSR count). The first-order chi connectivity index (χ1) is 26.0. The molecule has 0 spiro atoms. The average molecular weight is 750 g/mol. The first kappa shape index (κ1) is 37.8. The highest BCUT2D eigenvalue weighted by atomic mass is 28.3. The van der Waals surface area contributed by atoms with Gasteiger partial charge in [-0.1, -0.05) is 69.9 Å². The molecule has 3 heterocycles. The van der Waals surface area contributed by atoms with Gasteiger partial charge in [0.25, 0.3) is 5.91 Å². The Morgan fingerprint density at radius 2 is 1.72 bits per heavy atom. The number of nitrogens with zero attached hydrogens (tertiary/aromatic N) is 3. The maximum atomic E-state index is 14.2. The minimum Gasteiger partial charge on any atom is -0.466 e. The lowest BCUT2D eigenvalue weighted by molar-refractivity contribution is -0.134. The van der Waals surface area contributed by atoms with Crippen LogP contribution in [0.4, 0.5) is 5.69 Å². The van der Waals surface area contributed by atoms with E-state index in [0.29, 0.717) is 36.7 Å². The van der Waals surface area contributed by atoms with Crippen LogP contribution in [0.3, 0.4) is 0 Å². The van der Waals surface area contributed by atoms with Gasteiger partial charge >= 0.3 is 5.97 Å². The van der Waals surface area contributed by atoms with E-state index in [2.05, 4.69) is 56.3 Å². The Morgan fingerprint density at radius 1 is 0.963 bits per heavy atom. The van der Waals surface area contributed by atoms with E-state index in [1.165, 1.54) is 49.1 Å². The topological polar surface area (TPSA) is 116 Å². The number of hydrogen-bond acceptors (Lipinski definition) is 6. The molecule has 10 nitrogen and oxygen atoms in total. The predicted molar refractivity (Wildman–Crippen MR) is 216 cm³/mol. The van der Waals surface area contributed by atoms with Gasteiger partial charge in [0.1, 0.15) is 12.3 Å². The summed E-state index contributed by atoms with van der Waals surface area (Å²) in [7, 11) is 0.122. The van der Waals surface area contributed by atoms with Crippen LogP contribution in [0.1, 0.15) is 97.3 Å². The number of carbonyl (C=O) groups excluding carboxylic acids is 3. The summed E-state index contributed by atoms with van der Waals surface area (Å²) >= 11 is 0. The number of hydrogen-bond donors (Lipinski definition) is 2. The minimum absolute atomic E-state index is 0.212. The second kappa shape index (κ2) is 16.1. The van der Waals surface area contributed by atoms with Crippen LogP contribution in [0.15, 0.2) is 54.9 Å². The van der Waals surface area contributed by atoms with Crippen molar-refractivity contribution in [3.05, 3.63) is 77.3 Å². The molecular weight excluding hydrogens is 695 g/mol. The highest BCUT2D eigenvalue weighted by Gasteiger charge is 2.43. The Bertz CT molecular complexity index is 2030. The first-order valence-corrected chi connectivity index (χ1v) is 23.5. The molecule has 0 saturated heterocycles. The number of ether oxygens (including phenoxy) is 2. The molecule has 0 atom stereocenters. The average Bonchev–Trinajstić information content (AvgIpc) is 3.86. The van der Waals surface area contributed by atoms with Crippen molar-refractivity contribution in [1.29, 1.82) is 0 Å². The normalized spacial score (nSPS) is 17.3. The van der Waals surface area contributed by atoms with Gasteiger partial charge in [-0.15, -0.1) is 0 Å². The van der Waals surface area contributed by atoms with Crippen LogP contribution in [0.5, 0.6) is 0 Å². The summed E-state index contributed by atoms with van der Waals surface area (Å²) < 4.78 is 15.6. The maximum absolute atomic E-state index is 14.2. The maximum Gasteiger partial charge on any atom is 0.330 e. The summed E-state index contributed by atoms with van der Waals surface area (Å²) in [5.74, 6) is -0.432. The van der Waals surface area contributed by atoms with E-state index in [-0.39, 0.29) is 11.8 Å². The highest BCUT2D eigenvalue weighted by molar-refractivity contribution is 6.76. The Morgan fingerprint density at radius 3 is 2.44 bits per heavy atom. The van der Waals surface area contributed by atoms with Crippen molar-refractivity contribution in [2.45, 2.75) is 121 Å². The van der Waals surface area contributed by atoms with Crippen molar-refractivity contribution in [1.82, 2.24) is 19.4 Å². The second-order valence-electron chi connectivity index (χ2n) is 16.6. The van der Waals surface area contributed by atoms with Gasteiger partial charge < -0.3 is 29.2 Å². The van der Waals surface area contributed by atoms with E-state index in [4.69, 9.17) is 9.72 Å². The van der Waals surface area contributed by atoms with E-state index in [0.717, 1.165) is 80.2 Å². The standard InChI is InChI=1S/C43H55N5O5Si/c1-52-37(49)21-16-30-14-18-33(19-15-30)45-42(51)43(22-8-9-23-43)46-41(50)32-17-20-34-36(27-32)48-24-10-13-35-39(40(48)38(34)31-11-6-5-7-12-31)47(28-44-35)29-53-25-26-54(2,3)4/h14-21,27-28,31H,5-13,22-26,29H2,1-4H3,(H,45,51)(H,46,50)/b21-16+. The molecule has 2 N–H and O–H groups in total. The molecule has 11 heteroatoms. The van der Waals surface area contributed by atoms with Gasteiger partial charge in [-0.05, 0) is 92.0 Å². The minimum atomic E-state index is -1.21. The fourth-order valence-electron chi connectivity index (χ4n) is 8.57. The third kappa shape index (κ3) is 8.12. The first-order valence-electron chi connectivity index (χ1n) is 19.8. The zero-order valence-electron chi connectivity index (χ0n) is 32.3. The van der Waals surface area contributed by atoms with Crippen molar-refractivity contribution >= 4 is 48.5 Å². The summed E-state index contributed by atoms with van der Waals surface area (Å²) in [6.07, 6.45) is 15.8. The van der Waals surface area contributed by atoms with E-state index >= 15 is 0 Å². The lowest BCUT2D eigenvalue weighted by Crippen LogP contribution is -2.55. The molecule has 2 aromatic carbocycles. The van der Waals surface area contributed by atoms with Crippen molar-refractivity contribution < 1.29 is 23.9 Å². The van der Waals surface area contributed by atoms with Crippen molar-refractivity contribution in [2.75, 3.05) is 19.0 Å². The van der Waals surface area contributed by atoms with Crippen LogP contribution in [0.2, 0.25) is 25.7 Å². The smallest absolute Gasteiger partial charge is 0.330 e. The van der Waals surface area contributed by atoms with Crippen LogP contribution >= 0.6 is 0 Å². The van der Waals surface area contributed by atoms with Gasteiger partial charge in [0.05, 0.1) is 30.5 Å². The number of esters is 1. The quantitative estimate of drug-likeness (QED) is 0.0648. The Labute approximate surface area is 319 Å². The fourth-order valence-corrected chi connectivity index (χ4v) is 9.33. The Balaban J connectivity index is 1.18. The number of rotatable bonds is 12. The number of aromatic nitrogens is 3. The van der Waals surface area contributed by atoms with Gasteiger partial charge in [-0.3, -0.25) is 9.59 Å². The second-order valence-corrected chi connectivity index (χ2v) is 22.2. The zero-order valence-corrected chi connectivity index (χ0v) is 33.3. The van der Waals surface area contributed by atoms with Gasteiger partial charge in [0.2, 0.25) is 5.91 Å². The summed E-state index contributed by atoms with van der Waals surface area (Å²) in [5, 5.41) is 7.48. The predicted octanol–water partition coefficient (Wildman–Crippen LogP) is 8.68. The molecule has 2 amide bonds. The number of carbonyl (C=O) groups is 3. The molecule has 0 radical (unpaired) electrons. The molecule has 2 aromatic heterocycles. The number of anilines is 1. The van der Waals surface area contributed by atoms with Crippen molar-refractivity contribution in [3.8, 4) is 11.4 Å². The van der Waals surface area contributed by atoms with Gasteiger partial charge in [0.15, 0.2) is 0 Å². The molecule has 4 aromatic rings. The summed E-state index contributed by atoms with van der Waals surface area (Å²) in [6, 6.07) is 14.5. The monoisotopic (exact) mass is 749 g/mol. The summed E-state index contributed by atoms with van der Waals surface area (Å²) in [6.45, 7) is 9.21. The van der Waals surface area contributed by atoms with Crippen LogP contribution in [0.25, 0.3) is 28.4 Å². The zero-order chi connectivity index (χ0) is 37.9. The highest BCUT2D eigenvalue weighted by Crippen LogP contribution is 2.46. The van der Waals surface area contributed by atoms with E-state index in [1.54, 1.807) is 18.2 Å². The number of aryl methyl sites for hydroxylation is 2. The van der Waals surface area contributed by atoms with Crippen LogP contribution in [-0.4, -0.2) is 59.2 Å². The Kier molecular flexibility index (Phi) is 11.3. The number of benzene rings is 2.